The van der Waals surface area contributed by atoms with Crippen LogP contribution in [0.25, 0.3) is 132 Å². The highest BCUT2D eigenvalue weighted by molar-refractivity contribution is 7.19. The third-order valence-electron chi connectivity index (χ3n) is 22.7. The lowest BCUT2D eigenvalue weighted by atomic mass is 10.1. The Morgan fingerprint density at radius 3 is 0.363 bits per heavy atom. The van der Waals surface area contributed by atoms with Crippen molar-refractivity contribution in [1.82, 2.24) is 0 Å². The van der Waals surface area contributed by atoms with Crippen LogP contribution in [0.4, 0.5) is 0 Å². The van der Waals surface area contributed by atoms with Gasteiger partial charge in [0.1, 0.15) is 0 Å². The maximum atomic E-state index is 9.09. The summed E-state index contributed by atoms with van der Waals surface area (Å²) in [6.45, 7) is 0. The van der Waals surface area contributed by atoms with Crippen LogP contribution in [0.15, 0.2) is 380 Å². The van der Waals surface area contributed by atoms with Crippen molar-refractivity contribution in [3.05, 3.63) is 424 Å². The Hall–Kier alpha value is -9.30. The summed E-state index contributed by atoms with van der Waals surface area (Å²) in [6, 6.07) is 105. The zero-order valence-corrected chi connectivity index (χ0v) is 81.5. The lowest BCUT2D eigenvalue weighted by Crippen LogP contribution is -2.83. The van der Waals surface area contributed by atoms with Crippen molar-refractivity contribution in [2.24, 2.45) is 0 Å². The fraction of sp³-hybridized carbons (Fsp3) is 0.0400. The molecule has 0 radical (unpaired) electrons. The summed E-state index contributed by atoms with van der Waals surface area (Å²) < 4.78 is 72.6. The Morgan fingerprint density at radius 1 is 0.153 bits per heavy atom. The van der Waals surface area contributed by atoms with Gasteiger partial charge < -0.3 is 32.9 Å². The van der Waals surface area contributed by atoms with Crippen molar-refractivity contribution < 1.29 is 32.9 Å². The Bertz CT molecular complexity index is 5300. The van der Waals surface area contributed by atoms with Crippen LogP contribution in [0.5, 0.6) is 0 Å². The van der Waals surface area contributed by atoms with Crippen molar-refractivity contribution in [3.63, 3.8) is 0 Å². The SMILES string of the molecule is C(=C[Si]12C[Si]3(/C=C/c4ccc(-c5cccs5)cc4)O[Si]4(C=Cc5ccc(-c6cccs6)cc5)C[Si]5(/C=C\c6ccc(-c7cccs7)cc6)O[Si](/C=C/c6ccc(-c7cccs7)cc6)(C[Si](/C=C/c6ccc(-c7cccs7)cc6)(O1)O4)O[Si](/C=C/c1ccc(-c4cccs4)cc1)(C[Si](/C=C/c1ccc(-c4cccs4)cc1)(O5)O3)O2)c1ccc(-c2cccs2)cc1. The molecular formula is C100H80O8S8Si8. The van der Waals surface area contributed by atoms with Crippen molar-refractivity contribution in [2.45, 2.75) is 22.7 Å². The Balaban J connectivity index is 0.847. The number of benzene rings is 8. The largest absolute Gasteiger partial charge is 0.409 e. The highest BCUT2D eigenvalue weighted by Gasteiger charge is 2.77. The van der Waals surface area contributed by atoms with Gasteiger partial charge in [0.15, 0.2) is 0 Å². The molecule has 24 heteroatoms. The third-order valence-corrected chi connectivity index (χ3v) is 73.3. The van der Waals surface area contributed by atoms with Crippen LogP contribution in [0, 0.1) is 0 Å². The molecular weight excluding hydrogens is 1810 g/mol. The van der Waals surface area contributed by atoms with E-state index in [0.29, 0.717) is 0 Å². The van der Waals surface area contributed by atoms with Gasteiger partial charge in [0.05, 0.1) is 0 Å². The Labute approximate surface area is 763 Å². The van der Waals surface area contributed by atoms with Gasteiger partial charge in [0, 0.05) is 61.7 Å². The minimum atomic E-state index is -4.29. The van der Waals surface area contributed by atoms with Gasteiger partial charge in [0.25, 0.3) is 0 Å². The molecule has 0 aliphatic carbocycles. The third kappa shape index (κ3) is 18.1. The second-order valence-electron chi connectivity index (χ2n) is 31.5. The molecule has 6 aliphatic heterocycles. The summed E-state index contributed by atoms with van der Waals surface area (Å²) in [4.78, 5) is 9.57. The molecule has 124 heavy (non-hydrogen) atoms. The van der Waals surface area contributed by atoms with Crippen LogP contribution in [-0.4, -0.2) is 68.5 Å². The molecule has 16 aromatic rings. The van der Waals surface area contributed by atoms with Gasteiger partial charge in [-0.1, -0.05) is 291 Å². The van der Waals surface area contributed by atoms with Gasteiger partial charge in [-0.05, 0) is 226 Å². The van der Waals surface area contributed by atoms with E-state index in [1.807, 2.05) is 0 Å². The standard InChI is InChI=1S/C100H80O8S8Si8/c1-9-93(109-57-1)85-33-17-77(18-34-85)49-65-117-73-118(66-50-78-19-35-86(36-20-78)94-10-2-58-110-94)102-121(69-53-81-25-41-89(42-26-81)97-13-5-61-113-97)74-119(101-117,67-51-79-21-37-87(38-22-79)95-11-3-59-111-95)107-122(70-54-82-27-43-90(44-28-82)98-14-6-62-114-98)75-120(105-117,68-52-80-23-39-88(40-24-80)96-12-4-60-112-96)103-123(106-118,71-55-83-29-45-91(46-30-83)99-15-7-63-115-99)76-124(104-122,108-121)72-56-84-31-47-92(48-32-84)100-16-8-64-116-100/h1-72H,73-76H2/b65-49-,66-50?,67-51+,68-52+,69-53+,70-54+,71-55+,72-56?. The van der Waals surface area contributed by atoms with Crippen LogP contribution in [0.3, 0.4) is 0 Å². The van der Waals surface area contributed by atoms with Gasteiger partial charge in [-0.25, -0.2) is 0 Å². The van der Waals surface area contributed by atoms with E-state index in [4.69, 9.17) is 32.9 Å². The predicted molar refractivity (Wildman–Crippen MR) is 544 cm³/mol. The maximum Gasteiger partial charge on any atom is 0.350 e. The zero-order valence-electron chi connectivity index (χ0n) is 66.9. The van der Waals surface area contributed by atoms with Gasteiger partial charge in [0.2, 0.25) is 0 Å². The van der Waals surface area contributed by atoms with Crippen LogP contribution in [-0.2, 0) is 32.9 Å². The lowest BCUT2D eigenvalue weighted by Gasteiger charge is -2.63. The minimum Gasteiger partial charge on any atom is -0.409 e. The molecule has 0 amide bonds. The first-order valence-electron chi connectivity index (χ1n) is 41.1. The number of thiophene rings is 8. The van der Waals surface area contributed by atoms with Crippen LogP contribution >= 0.6 is 90.7 Å². The zero-order chi connectivity index (χ0) is 82.9. The highest BCUT2D eigenvalue weighted by atomic mass is 32.1. The molecule has 0 saturated carbocycles. The van der Waals surface area contributed by atoms with Crippen LogP contribution in [0.2, 0.25) is 22.7 Å². The fourth-order valence-corrected chi connectivity index (χ4v) is 83.5. The second-order valence-corrected chi connectivity index (χ2v) is 66.9. The van der Waals surface area contributed by atoms with E-state index >= 15 is 0 Å². The molecule has 0 N–H and O–H groups in total. The van der Waals surface area contributed by atoms with Crippen LogP contribution < -0.4 is 0 Å². The maximum absolute atomic E-state index is 9.09. The van der Waals surface area contributed by atoms with E-state index in [0.717, 1.165) is 89.0 Å². The molecule has 0 spiro atoms. The lowest BCUT2D eigenvalue weighted by molar-refractivity contribution is 0.192. The molecule has 8 aromatic heterocycles. The summed E-state index contributed by atoms with van der Waals surface area (Å²) in [7, 11) is -34.3. The van der Waals surface area contributed by atoms with Crippen molar-refractivity contribution >= 4 is 208 Å². The molecule has 8 nitrogen and oxygen atoms in total. The van der Waals surface area contributed by atoms with E-state index in [2.05, 4.69) is 428 Å². The summed E-state index contributed by atoms with van der Waals surface area (Å²) in [6.07, 6.45) is 17.9. The number of rotatable bonds is 24. The predicted octanol–water partition coefficient (Wildman–Crippen LogP) is 29.7. The normalized spacial score (nSPS) is 24.4. The summed E-state index contributed by atoms with van der Waals surface area (Å²) in [5, 5.41) is 17.1. The molecule has 6 fully saturated rings. The van der Waals surface area contributed by atoms with Gasteiger partial charge >= 0.3 is 68.5 Å². The number of hydrogen-bond acceptors (Lipinski definition) is 16. The average Bonchev–Trinajstić information content (AvgIpc) is 0.851. The molecule has 608 valence electrons. The molecule has 14 heterocycles. The second kappa shape index (κ2) is 35.1. The molecule has 8 unspecified atom stereocenters. The molecule has 8 atom stereocenters. The summed E-state index contributed by atoms with van der Waals surface area (Å²) in [5.41, 5.74) is 36.4. The van der Waals surface area contributed by atoms with E-state index in [-0.39, 0.29) is 22.7 Å². The summed E-state index contributed by atoms with van der Waals surface area (Å²) in [5.74, 6) is 0. The van der Waals surface area contributed by atoms with E-state index in [1.165, 1.54) is 39.0 Å². The van der Waals surface area contributed by atoms with Crippen molar-refractivity contribution in [2.75, 3.05) is 0 Å². The van der Waals surface area contributed by atoms with Crippen molar-refractivity contribution in [3.8, 4) is 83.5 Å². The van der Waals surface area contributed by atoms with Gasteiger partial charge in [-0.3, -0.25) is 0 Å². The summed E-state index contributed by atoms with van der Waals surface area (Å²) >= 11 is 13.9. The van der Waals surface area contributed by atoms with E-state index < -0.39 is 68.5 Å². The minimum absolute atomic E-state index is 0.235. The molecule has 6 saturated heterocycles. The Morgan fingerprint density at radius 2 is 0.266 bits per heavy atom. The van der Waals surface area contributed by atoms with Gasteiger partial charge in [-0.15, -0.1) is 90.7 Å². The topological polar surface area (TPSA) is 73.8 Å². The van der Waals surface area contributed by atoms with Crippen molar-refractivity contribution in [1.29, 1.82) is 0 Å². The first-order valence-corrected chi connectivity index (χ1v) is 65.0. The smallest absolute Gasteiger partial charge is 0.350 e. The molecule has 8 bridgehead atoms. The van der Waals surface area contributed by atoms with Gasteiger partial charge in [-0.2, -0.15) is 0 Å². The fourth-order valence-electron chi connectivity index (χ4n) is 16.9. The average molecular weight is 1890 g/mol. The molecule has 6 aliphatic rings. The monoisotopic (exact) mass is 1890 g/mol. The Kier molecular flexibility index (Phi) is 23.2. The highest BCUT2D eigenvalue weighted by Crippen LogP contribution is 2.56. The van der Waals surface area contributed by atoms with E-state index in [1.54, 1.807) is 90.7 Å². The van der Waals surface area contributed by atoms with Crippen LogP contribution in [0.1, 0.15) is 44.5 Å². The quantitative estimate of drug-likeness (QED) is 0.0554. The first-order chi connectivity index (χ1) is 60.8. The van der Waals surface area contributed by atoms with E-state index in [9.17, 15) is 0 Å². The molecule has 22 rings (SSSR count). The first kappa shape index (κ1) is 81.7. The molecule has 8 aromatic carbocycles. The number of hydrogen-bond donors (Lipinski definition) is 0.